The van der Waals surface area contributed by atoms with Crippen LogP contribution in [0.5, 0.6) is 5.75 Å². The van der Waals surface area contributed by atoms with Crippen molar-refractivity contribution in [1.29, 1.82) is 0 Å². The number of phenols is 1. The zero-order valence-corrected chi connectivity index (χ0v) is 15.3. The molecule has 1 aliphatic carbocycles. The predicted molar refractivity (Wildman–Crippen MR) is 101 cm³/mol. The van der Waals surface area contributed by atoms with Gasteiger partial charge in [-0.25, -0.2) is 0 Å². The number of aromatic hydroxyl groups is 1. The Morgan fingerprint density at radius 1 is 1.08 bits per heavy atom. The first-order valence-electron chi connectivity index (χ1n) is 10.1. The zero-order chi connectivity index (χ0) is 17.1. The van der Waals surface area contributed by atoms with E-state index in [1.165, 1.54) is 44.9 Å². The number of hydrogen-bond acceptors (Lipinski definition) is 4. The molecule has 25 heavy (non-hydrogen) atoms. The molecule has 0 aromatic heterocycles. The Morgan fingerprint density at radius 3 is 2.64 bits per heavy atom. The topological polar surface area (TPSA) is 35.9 Å². The molecule has 0 bridgehead atoms. The minimum atomic E-state index is 0.356. The summed E-state index contributed by atoms with van der Waals surface area (Å²) in [4.78, 5) is 4.95. The van der Waals surface area contributed by atoms with Crippen molar-refractivity contribution in [3.05, 3.63) is 24.3 Å². The van der Waals surface area contributed by atoms with Crippen molar-refractivity contribution >= 4 is 5.69 Å². The fourth-order valence-electron chi connectivity index (χ4n) is 4.98. The molecule has 2 saturated heterocycles. The van der Waals surface area contributed by atoms with Gasteiger partial charge < -0.3 is 14.7 Å². The summed E-state index contributed by atoms with van der Waals surface area (Å²) in [6.07, 6.45) is 10.0. The molecule has 4 nitrogen and oxygen atoms in total. The molecule has 0 amide bonds. The molecule has 3 fully saturated rings. The van der Waals surface area contributed by atoms with Crippen molar-refractivity contribution in [2.45, 2.75) is 51.0 Å². The van der Waals surface area contributed by atoms with Crippen LogP contribution in [0.25, 0.3) is 0 Å². The van der Waals surface area contributed by atoms with E-state index in [1.807, 2.05) is 12.1 Å². The summed E-state index contributed by atoms with van der Waals surface area (Å²) in [5, 5.41) is 9.66. The van der Waals surface area contributed by atoms with Gasteiger partial charge in [-0.05, 0) is 43.2 Å². The molecule has 1 saturated carbocycles. The summed E-state index contributed by atoms with van der Waals surface area (Å²) in [6, 6.07) is 7.62. The molecule has 1 atom stereocenters. The molecule has 1 aromatic carbocycles. The molecule has 1 spiro atoms. The van der Waals surface area contributed by atoms with Crippen molar-refractivity contribution < 1.29 is 9.84 Å². The minimum absolute atomic E-state index is 0.356. The van der Waals surface area contributed by atoms with Crippen LogP contribution in [0.2, 0.25) is 0 Å². The van der Waals surface area contributed by atoms with E-state index in [0.717, 1.165) is 45.0 Å². The van der Waals surface area contributed by atoms with Gasteiger partial charge in [-0.15, -0.1) is 0 Å². The second kappa shape index (κ2) is 7.55. The fraction of sp³-hybridized carbons (Fsp3) is 0.714. The van der Waals surface area contributed by atoms with Crippen molar-refractivity contribution in [2.24, 2.45) is 5.41 Å². The lowest BCUT2D eigenvalue weighted by atomic mass is 9.72. The van der Waals surface area contributed by atoms with E-state index in [0.29, 0.717) is 17.3 Å². The monoisotopic (exact) mass is 344 g/mol. The predicted octanol–water partition coefficient (Wildman–Crippen LogP) is 3.64. The highest BCUT2D eigenvalue weighted by Crippen LogP contribution is 2.45. The van der Waals surface area contributed by atoms with Crippen LogP contribution < -0.4 is 4.90 Å². The van der Waals surface area contributed by atoms with Crippen molar-refractivity contribution in [1.82, 2.24) is 4.90 Å². The molecule has 3 aliphatic rings. The molecule has 1 N–H and O–H groups in total. The van der Waals surface area contributed by atoms with Crippen LogP contribution in [-0.2, 0) is 4.74 Å². The molecule has 4 rings (SSSR count). The summed E-state index contributed by atoms with van der Waals surface area (Å²) >= 11 is 0. The van der Waals surface area contributed by atoms with E-state index >= 15 is 0 Å². The average Bonchev–Trinajstić information content (AvgIpc) is 3.03. The molecule has 0 radical (unpaired) electrons. The first-order valence-corrected chi connectivity index (χ1v) is 10.1. The van der Waals surface area contributed by atoms with E-state index in [1.54, 1.807) is 6.07 Å². The molecule has 4 heteroatoms. The Hall–Kier alpha value is -1.26. The van der Waals surface area contributed by atoms with Crippen LogP contribution in [0.4, 0.5) is 5.69 Å². The Balaban J connectivity index is 1.20. The normalized spacial score (nSPS) is 27.0. The average molecular weight is 344 g/mol. The smallest absolute Gasteiger partial charge is 0.117 e. The SMILES string of the molecule is Oc1cccc(N2CCN(CCC3CC4(CCCCC4)CO3)CC2)c1. The molecule has 138 valence electrons. The quantitative estimate of drug-likeness (QED) is 0.904. The van der Waals surface area contributed by atoms with Crippen molar-refractivity contribution in [3.8, 4) is 5.75 Å². The van der Waals surface area contributed by atoms with E-state index < -0.39 is 0 Å². The summed E-state index contributed by atoms with van der Waals surface area (Å²) in [7, 11) is 0. The van der Waals surface area contributed by atoms with Crippen LogP contribution in [0.15, 0.2) is 24.3 Å². The summed E-state index contributed by atoms with van der Waals surface area (Å²) < 4.78 is 6.18. The lowest BCUT2D eigenvalue weighted by molar-refractivity contribution is 0.0728. The molecular weight excluding hydrogens is 312 g/mol. The fourth-order valence-corrected chi connectivity index (χ4v) is 4.98. The van der Waals surface area contributed by atoms with Gasteiger partial charge >= 0.3 is 0 Å². The van der Waals surface area contributed by atoms with E-state index in [-0.39, 0.29) is 0 Å². The number of benzene rings is 1. The van der Waals surface area contributed by atoms with Gasteiger partial charge in [0.15, 0.2) is 0 Å². The lowest BCUT2D eigenvalue weighted by Gasteiger charge is -2.36. The summed E-state index contributed by atoms with van der Waals surface area (Å²) in [6.45, 7) is 6.47. The molecule has 2 aliphatic heterocycles. The second-order valence-electron chi connectivity index (χ2n) is 8.34. The highest BCUT2D eigenvalue weighted by molar-refractivity contribution is 5.50. The second-order valence-corrected chi connectivity index (χ2v) is 8.34. The Labute approximate surface area is 151 Å². The van der Waals surface area contributed by atoms with Gasteiger partial charge in [0.05, 0.1) is 12.7 Å². The molecular formula is C21H32N2O2. The van der Waals surface area contributed by atoms with Crippen LogP contribution in [-0.4, -0.2) is 55.4 Å². The first-order chi connectivity index (χ1) is 12.2. The molecule has 1 unspecified atom stereocenters. The van der Waals surface area contributed by atoms with Crippen LogP contribution in [0.3, 0.4) is 0 Å². The van der Waals surface area contributed by atoms with Gasteiger partial charge in [-0.2, -0.15) is 0 Å². The molecule has 1 aromatic rings. The Morgan fingerprint density at radius 2 is 1.88 bits per heavy atom. The molecule has 2 heterocycles. The minimum Gasteiger partial charge on any atom is -0.508 e. The standard InChI is InChI=1S/C21H32N2O2/c24-19-6-4-5-18(15-19)23-13-11-22(12-14-23)10-7-20-16-21(17-25-20)8-2-1-3-9-21/h4-6,15,20,24H,1-3,7-14,16-17H2. The van der Waals surface area contributed by atoms with Gasteiger partial charge in [0.25, 0.3) is 0 Å². The Bertz CT molecular complexity index is 563. The third-order valence-electron chi connectivity index (χ3n) is 6.53. The number of ether oxygens (including phenoxy) is 1. The van der Waals surface area contributed by atoms with E-state index in [4.69, 9.17) is 4.74 Å². The number of rotatable bonds is 4. The van der Waals surface area contributed by atoms with E-state index in [2.05, 4.69) is 15.9 Å². The third kappa shape index (κ3) is 4.12. The van der Waals surface area contributed by atoms with E-state index in [9.17, 15) is 5.11 Å². The maximum atomic E-state index is 9.66. The highest BCUT2D eigenvalue weighted by Gasteiger charge is 2.40. The number of nitrogens with zero attached hydrogens (tertiary/aromatic N) is 2. The first kappa shape index (κ1) is 17.2. The van der Waals surface area contributed by atoms with Gasteiger partial charge in [-0.1, -0.05) is 25.3 Å². The van der Waals surface area contributed by atoms with Gasteiger partial charge in [-0.3, -0.25) is 4.90 Å². The highest BCUT2D eigenvalue weighted by atomic mass is 16.5. The maximum Gasteiger partial charge on any atom is 0.117 e. The van der Waals surface area contributed by atoms with Gasteiger partial charge in [0.2, 0.25) is 0 Å². The van der Waals surface area contributed by atoms with Crippen LogP contribution in [0, 0.1) is 5.41 Å². The van der Waals surface area contributed by atoms with Crippen molar-refractivity contribution in [3.63, 3.8) is 0 Å². The van der Waals surface area contributed by atoms with Gasteiger partial charge in [0, 0.05) is 44.5 Å². The number of phenolic OH excluding ortho intramolecular Hbond substituents is 1. The number of anilines is 1. The van der Waals surface area contributed by atoms with Crippen molar-refractivity contribution in [2.75, 3.05) is 44.2 Å². The largest absolute Gasteiger partial charge is 0.508 e. The summed E-state index contributed by atoms with van der Waals surface area (Å²) in [5.41, 5.74) is 1.68. The third-order valence-corrected chi connectivity index (χ3v) is 6.53. The zero-order valence-electron chi connectivity index (χ0n) is 15.3. The number of piperazine rings is 1. The maximum absolute atomic E-state index is 9.66. The number of hydrogen-bond donors (Lipinski definition) is 1. The van der Waals surface area contributed by atoms with Crippen LogP contribution in [0.1, 0.15) is 44.9 Å². The van der Waals surface area contributed by atoms with Crippen LogP contribution >= 0.6 is 0 Å². The van der Waals surface area contributed by atoms with Gasteiger partial charge in [0.1, 0.15) is 5.75 Å². The summed E-state index contributed by atoms with van der Waals surface area (Å²) in [5.74, 6) is 0.356. The Kier molecular flexibility index (Phi) is 5.18. The lowest BCUT2D eigenvalue weighted by Crippen LogP contribution is -2.47.